The van der Waals surface area contributed by atoms with Crippen molar-refractivity contribution in [2.45, 2.75) is 51.4 Å². The van der Waals surface area contributed by atoms with Crippen LogP contribution in [0.15, 0.2) is 24.3 Å². The minimum Gasteiger partial charge on any atom is -0.343 e. The molecular formula is C17H24FNO. The molecule has 0 saturated carbocycles. The summed E-state index contributed by atoms with van der Waals surface area (Å²) in [6, 6.07) is 6.74. The molecule has 0 aliphatic carbocycles. The lowest BCUT2D eigenvalue weighted by molar-refractivity contribution is -0.130. The minimum atomic E-state index is -0.172. The molecule has 1 fully saturated rings. The predicted molar refractivity (Wildman–Crippen MR) is 79.0 cm³/mol. The molecule has 1 aliphatic rings. The number of unbranched alkanes of at least 4 members (excludes halogenated alkanes) is 3. The van der Waals surface area contributed by atoms with Crippen LogP contribution in [0.4, 0.5) is 4.39 Å². The van der Waals surface area contributed by atoms with Crippen LogP contribution < -0.4 is 0 Å². The number of rotatable bonds is 7. The summed E-state index contributed by atoms with van der Waals surface area (Å²) < 4.78 is 12.7. The maximum atomic E-state index is 12.7. The normalized spacial score (nSPS) is 14.8. The summed E-state index contributed by atoms with van der Waals surface area (Å²) in [6.07, 6.45) is 8.41. The summed E-state index contributed by atoms with van der Waals surface area (Å²) in [4.78, 5) is 13.8. The number of nitrogens with zero attached hydrogens (tertiary/aromatic N) is 1. The van der Waals surface area contributed by atoms with Gasteiger partial charge in [-0.3, -0.25) is 4.79 Å². The van der Waals surface area contributed by atoms with Gasteiger partial charge in [0.15, 0.2) is 0 Å². The summed E-state index contributed by atoms with van der Waals surface area (Å²) in [5, 5.41) is 0. The number of amides is 1. The summed E-state index contributed by atoms with van der Waals surface area (Å²) in [5.74, 6) is 0.162. The Morgan fingerprint density at radius 1 is 1.00 bits per heavy atom. The Balaban J connectivity index is 1.51. The SMILES string of the molecule is O=C(CCCCCCc1ccc(F)cc1)N1CCCC1. The number of aryl methyl sites for hydroxylation is 1. The molecule has 0 spiro atoms. The van der Waals surface area contributed by atoms with Gasteiger partial charge in [0, 0.05) is 19.5 Å². The second-order valence-corrected chi connectivity index (χ2v) is 5.63. The Labute approximate surface area is 121 Å². The fraction of sp³-hybridized carbons (Fsp3) is 0.588. The predicted octanol–water partition coefficient (Wildman–Crippen LogP) is 3.94. The van der Waals surface area contributed by atoms with Crippen molar-refractivity contribution in [3.63, 3.8) is 0 Å². The second-order valence-electron chi connectivity index (χ2n) is 5.63. The Morgan fingerprint density at radius 3 is 2.35 bits per heavy atom. The molecule has 2 rings (SSSR count). The number of hydrogen-bond donors (Lipinski definition) is 0. The molecule has 0 unspecified atom stereocenters. The molecule has 1 heterocycles. The number of carbonyl (C=O) groups excluding carboxylic acids is 1. The molecule has 0 atom stereocenters. The number of benzene rings is 1. The largest absolute Gasteiger partial charge is 0.343 e. The molecule has 0 bridgehead atoms. The Morgan fingerprint density at radius 2 is 1.65 bits per heavy atom. The zero-order valence-electron chi connectivity index (χ0n) is 12.1. The van der Waals surface area contributed by atoms with Gasteiger partial charge in [-0.1, -0.05) is 25.0 Å². The molecule has 0 aromatic heterocycles. The van der Waals surface area contributed by atoms with E-state index < -0.39 is 0 Å². The standard InChI is InChI=1S/C17H24FNO/c18-16-11-9-15(10-12-16)7-3-1-2-4-8-17(20)19-13-5-6-14-19/h9-12H,1-8,13-14H2. The van der Waals surface area contributed by atoms with Gasteiger partial charge in [-0.05, 0) is 49.8 Å². The molecule has 1 aromatic rings. The Hall–Kier alpha value is -1.38. The first kappa shape index (κ1) is 15.0. The van der Waals surface area contributed by atoms with Crippen molar-refractivity contribution < 1.29 is 9.18 Å². The van der Waals surface area contributed by atoms with Gasteiger partial charge >= 0.3 is 0 Å². The summed E-state index contributed by atoms with van der Waals surface area (Å²) in [5.41, 5.74) is 1.19. The van der Waals surface area contributed by atoms with Crippen LogP contribution in [-0.4, -0.2) is 23.9 Å². The third-order valence-corrected chi connectivity index (χ3v) is 3.98. The maximum absolute atomic E-state index is 12.7. The summed E-state index contributed by atoms with van der Waals surface area (Å²) >= 11 is 0. The molecule has 1 amide bonds. The van der Waals surface area contributed by atoms with Crippen LogP contribution in [0, 0.1) is 5.82 Å². The van der Waals surface area contributed by atoms with Crippen molar-refractivity contribution >= 4 is 5.91 Å². The molecule has 20 heavy (non-hydrogen) atoms. The van der Waals surface area contributed by atoms with Crippen LogP contribution >= 0.6 is 0 Å². The van der Waals surface area contributed by atoms with Crippen molar-refractivity contribution in [3.05, 3.63) is 35.6 Å². The average molecular weight is 277 g/mol. The van der Waals surface area contributed by atoms with Crippen LogP contribution in [0.5, 0.6) is 0 Å². The van der Waals surface area contributed by atoms with E-state index in [1.807, 2.05) is 17.0 Å². The molecular weight excluding hydrogens is 253 g/mol. The number of hydrogen-bond acceptors (Lipinski definition) is 1. The zero-order valence-corrected chi connectivity index (χ0v) is 12.1. The maximum Gasteiger partial charge on any atom is 0.222 e. The molecule has 3 heteroatoms. The van der Waals surface area contributed by atoms with E-state index in [1.54, 1.807) is 0 Å². The molecule has 1 aromatic carbocycles. The van der Waals surface area contributed by atoms with Crippen molar-refractivity contribution in [2.24, 2.45) is 0 Å². The quantitative estimate of drug-likeness (QED) is 0.691. The van der Waals surface area contributed by atoms with Gasteiger partial charge in [0.05, 0.1) is 0 Å². The van der Waals surface area contributed by atoms with Crippen LogP contribution in [0.3, 0.4) is 0 Å². The van der Waals surface area contributed by atoms with Gasteiger partial charge in [-0.2, -0.15) is 0 Å². The second kappa shape index (κ2) is 8.03. The Kier molecular flexibility index (Phi) is 6.03. The first-order valence-corrected chi connectivity index (χ1v) is 7.78. The van der Waals surface area contributed by atoms with Gasteiger partial charge < -0.3 is 4.90 Å². The van der Waals surface area contributed by atoms with Crippen LogP contribution in [0.2, 0.25) is 0 Å². The first-order chi connectivity index (χ1) is 9.75. The van der Waals surface area contributed by atoms with Gasteiger partial charge in [0.2, 0.25) is 5.91 Å². The Bertz CT molecular complexity index is 410. The number of halogens is 1. The molecule has 2 nitrogen and oxygen atoms in total. The van der Waals surface area contributed by atoms with E-state index in [1.165, 1.54) is 30.5 Å². The van der Waals surface area contributed by atoms with Gasteiger partial charge in [0.25, 0.3) is 0 Å². The van der Waals surface area contributed by atoms with E-state index in [0.717, 1.165) is 45.2 Å². The highest BCUT2D eigenvalue weighted by molar-refractivity contribution is 5.76. The molecule has 1 saturated heterocycles. The van der Waals surface area contributed by atoms with Gasteiger partial charge in [-0.25, -0.2) is 4.39 Å². The third kappa shape index (κ3) is 4.95. The lowest BCUT2D eigenvalue weighted by Gasteiger charge is -2.14. The molecule has 0 radical (unpaired) electrons. The number of carbonyl (C=O) groups is 1. The minimum absolute atomic E-state index is 0.172. The van der Waals surface area contributed by atoms with E-state index in [4.69, 9.17) is 0 Å². The molecule has 0 N–H and O–H groups in total. The molecule has 1 aliphatic heterocycles. The van der Waals surface area contributed by atoms with E-state index >= 15 is 0 Å². The average Bonchev–Trinajstić information content (AvgIpc) is 2.98. The molecule has 110 valence electrons. The fourth-order valence-corrected chi connectivity index (χ4v) is 2.73. The van der Waals surface area contributed by atoms with E-state index in [-0.39, 0.29) is 5.82 Å². The third-order valence-electron chi connectivity index (χ3n) is 3.98. The van der Waals surface area contributed by atoms with Crippen molar-refractivity contribution in [3.8, 4) is 0 Å². The van der Waals surface area contributed by atoms with Gasteiger partial charge in [-0.15, -0.1) is 0 Å². The number of likely N-dealkylation sites (tertiary alicyclic amines) is 1. The van der Waals surface area contributed by atoms with Gasteiger partial charge in [0.1, 0.15) is 5.82 Å². The van der Waals surface area contributed by atoms with Crippen LogP contribution in [0.1, 0.15) is 50.5 Å². The van der Waals surface area contributed by atoms with Crippen molar-refractivity contribution in [2.75, 3.05) is 13.1 Å². The monoisotopic (exact) mass is 277 g/mol. The summed E-state index contributed by atoms with van der Waals surface area (Å²) in [7, 11) is 0. The summed E-state index contributed by atoms with van der Waals surface area (Å²) in [6.45, 7) is 1.92. The van der Waals surface area contributed by atoms with Crippen molar-refractivity contribution in [1.29, 1.82) is 0 Å². The lowest BCUT2D eigenvalue weighted by atomic mass is 10.1. The fourth-order valence-electron chi connectivity index (χ4n) is 2.73. The van der Waals surface area contributed by atoms with E-state index in [9.17, 15) is 9.18 Å². The van der Waals surface area contributed by atoms with Crippen LogP contribution in [-0.2, 0) is 11.2 Å². The highest BCUT2D eigenvalue weighted by atomic mass is 19.1. The smallest absolute Gasteiger partial charge is 0.222 e. The van der Waals surface area contributed by atoms with E-state index in [2.05, 4.69) is 0 Å². The van der Waals surface area contributed by atoms with E-state index in [0.29, 0.717) is 12.3 Å². The highest BCUT2D eigenvalue weighted by Crippen LogP contribution is 2.13. The first-order valence-electron chi connectivity index (χ1n) is 7.78. The highest BCUT2D eigenvalue weighted by Gasteiger charge is 2.16. The lowest BCUT2D eigenvalue weighted by Crippen LogP contribution is -2.27. The zero-order chi connectivity index (χ0) is 14.2. The topological polar surface area (TPSA) is 20.3 Å². The van der Waals surface area contributed by atoms with Crippen LogP contribution in [0.25, 0.3) is 0 Å². The van der Waals surface area contributed by atoms with Crippen molar-refractivity contribution in [1.82, 2.24) is 4.90 Å².